The van der Waals surface area contributed by atoms with Crippen molar-refractivity contribution >= 4 is 23.2 Å². The van der Waals surface area contributed by atoms with Crippen molar-refractivity contribution < 1.29 is 9.59 Å². The predicted molar refractivity (Wildman–Crippen MR) is 87.7 cm³/mol. The van der Waals surface area contributed by atoms with Crippen molar-refractivity contribution in [3.8, 4) is 0 Å². The van der Waals surface area contributed by atoms with Crippen LogP contribution in [0.25, 0.3) is 0 Å². The van der Waals surface area contributed by atoms with Crippen molar-refractivity contribution in [2.45, 2.75) is 46.0 Å². The Kier molecular flexibility index (Phi) is 5.69. The summed E-state index contributed by atoms with van der Waals surface area (Å²) in [5.74, 6) is 0.190. The second-order valence-corrected chi connectivity index (χ2v) is 5.68. The summed E-state index contributed by atoms with van der Waals surface area (Å²) < 4.78 is 0. The van der Waals surface area contributed by atoms with E-state index in [1.165, 1.54) is 0 Å². The van der Waals surface area contributed by atoms with Gasteiger partial charge in [-0.15, -0.1) is 0 Å². The fraction of sp³-hybridized carbons (Fsp3) is 0.471. The number of rotatable bonds is 7. The molecule has 1 aromatic rings. The molecule has 0 atom stereocenters. The van der Waals surface area contributed by atoms with Gasteiger partial charge in [0.25, 0.3) is 0 Å². The summed E-state index contributed by atoms with van der Waals surface area (Å²) in [4.78, 5) is 23.3. The highest BCUT2D eigenvalue weighted by Crippen LogP contribution is 2.30. The number of nitrogens with zero attached hydrogens (tertiary/aromatic N) is 1. The fourth-order valence-corrected chi connectivity index (χ4v) is 2.02. The van der Waals surface area contributed by atoms with Gasteiger partial charge in [0.1, 0.15) is 0 Å². The Bertz CT molecular complexity index is 577. The molecule has 0 spiro atoms. The van der Waals surface area contributed by atoms with E-state index in [9.17, 15) is 9.59 Å². The summed E-state index contributed by atoms with van der Waals surface area (Å²) in [7, 11) is 0. The molecule has 0 unspecified atom stereocenters. The van der Waals surface area contributed by atoms with Crippen LogP contribution in [0.2, 0.25) is 0 Å². The molecule has 0 aliphatic heterocycles. The van der Waals surface area contributed by atoms with E-state index in [4.69, 9.17) is 0 Å². The van der Waals surface area contributed by atoms with Gasteiger partial charge in [-0.1, -0.05) is 25.5 Å². The van der Waals surface area contributed by atoms with Crippen LogP contribution < -0.4 is 10.7 Å². The number of nitrogens with one attached hydrogen (secondary N) is 2. The zero-order valence-corrected chi connectivity index (χ0v) is 13.2. The van der Waals surface area contributed by atoms with Gasteiger partial charge in [-0.2, -0.15) is 5.10 Å². The number of amides is 2. The molecule has 0 radical (unpaired) electrons. The Labute approximate surface area is 131 Å². The molecular formula is C17H23N3O2. The van der Waals surface area contributed by atoms with Gasteiger partial charge in [-0.05, 0) is 43.9 Å². The molecule has 5 nitrogen and oxygen atoms in total. The highest BCUT2D eigenvalue weighted by Gasteiger charge is 2.29. The normalized spacial score (nSPS) is 14.5. The number of carbonyl (C=O) groups excluding carboxylic acids is 2. The average Bonchev–Trinajstić information content (AvgIpc) is 3.35. The van der Waals surface area contributed by atoms with Crippen LogP contribution in [0.15, 0.2) is 29.4 Å². The lowest BCUT2D eigenvalue weighted by molar-refractivity contribution is -0.121. The number of unbranched alkanes of at least 4 members (excludes halogenated alkanes) is 1. The largest absolute Gasteiger partial charge is 0.326 e. The first-order chi connectivity index (χ1) is 10.6. The fourth-order valence-electron chi connectivity index (χ4n) is 2.02. The molecular weight excluding hydrogens is 278 g/mol. The van der Waals surface area contributed by atoms with Crippen LogP contribution in [0.1, 0.15) is 51.5 Å². The van der Waals surface area contributed by atoms with Crippen molar-refractivity contribution in [2.75, 3.05) is 5.32 Å². The number of hydrogen-bond donors (Lipinski definition) is 2. The molecule has 2 rings (SSSR count). The van der Waals surface area contributed by atoms with E-state index in [1.54, 1.807) is 0 Å². The molecule has 0 saturated heterocycles. The molecule has 22 heavy (non-hydrogen) atoms. The van der Waals surface area contributed by atoms with Crippen molar-refractivity contribution in [2.24, 2.45) is 11.0 Å². The maximum atomic E-state index is 11.8. The quantitative estimate of drug-likeness (QED) is 0.600. The van der Waals surface area contributed by atoms with Crippen molar-refractivity contribution in [3.05, 3.63) is 29.8 Å². The highest BCUT2D eigenvalue weighted by molar-refractivity contribution is 6.01. The zero-order chi connectivity index (χ0) is 15.9. The van der Waals surface area contributed by atoms with E-state index in [0.717, 1.165) is 36.9 Å². The Morgan fingerprint density at radius 3 is 2.77 bits per heavy atom. The van der Waals surface area contributed by atoms with Crippen LogP contribution in [-0.4, -0.2) is 17.5 Å². The van der Waals surface area contributed by atoms with Crippen LogP contribution in [0.4, 0.5) is 5.69 Å². The maximum Gasteiger partial charge on any atom is 0.240 e. The number of carbonyl (C=O) groups is 2. The van der Waals surface area contributed by atoms with Crippen LogP contribution >= 0.6 is 0 Å². The van der Waals surface area contributed by atoms with Gasteiger partial charge < -0.3 is 5.32 Å². The summed E-state index contributed by atoms with van der Waals surface area (Å²) >= 11 is 0. The predicted octanol–water partition coefficient (Wildman–Crippen LogP) is 3.07. The minimum atomic E-state index is -0.0700. The number of hydrogen-bond acceptors (Lipinski definition) is 3. The Hall–Kier alpha value is -2.17. The molecule has 0 bridgehead atoms. The minimum absolute atomic E-state index is 0.0700. The molecule has 1 aromatic carbocycles. The van der Waals surface area contributed by atoms with Crippen molar-refractivity contribution in [3.63, 3.8) is 0 Å². The highest BCUT2D eigenvalue weighted by atomic mass is 16.2. The number of benzene rings is 1. The molecule has 118 valence electrons. The first kappa shape index (κ1) is 16.2. The Balaban J connectivity index is 1.95. The molecule has 1 fully saturated rings. The van der Waals surface area contributed by atoms with Gasteiger partial charge in [0.05, 0.1) is 5.71 Å². The molecule has 1 saturated carbocycles. The second kappa shape index (κ2) is 7.73. The monoisotopic (exact) mass is 301 g/mol. The number of anilines is 1. The molecule has 0 heterocycles. The van der Waals surface area contributed by atoms with E-state index in [-0.39, 0.29) is 17.7 Å². The van der Waals surface area contributed by atoms with E-state index in [2.05, 4.69) is 15.8 Å². The molecule has 5 heteroatoms. The molecule has 2 N–H and O–H groups in total. The van der Waals surface area contributed by atoms with Gasteiger partial charge >= 0.3 is 0 Å². The zero-order valence-electron chi connectivity index (χ0n) is 13.2. The smallest absolute Gasteiger partial charge is 0.240 e. The molecule has 1 aliphatic carbocycles. The topological polar surface area (TPSA) is 70.6 Å². The van der Waals surface area contributed by atoms with Gasteiger partial charge in [0.2, 0.25) is 11.8 Å². The third kappa shape index (κ3) is 4.98. The van der Waals surface area contributed by atoms with Crippen LogP contribution in [0.5, 0.6) is 0 Å². The minimum Gasteiger partial charge on any atom is -0.326 e. The lowest BCUT2D eigenvalue weighted by Crippen LogP contribution is -2.19. The van der Waals surface area contributed by atoms with Crippen LogP contribution in [0.3, 0.4) is 0 Å². The lowest BCUT2D eigenvalue weighted by Gasteiger charge is -2.07. The number of hydrazone groups is 1. The van der Waals surface area contributed by atoms with Gasteiger partial charge in [-0.25, -0.2) is 5.43 Å². The van der Waals surface area contributed by atoms with Crippen molar-refractivity contribution in [1.29, 1.82) is 0 Å². The third-order valence-electron chi connectivity index (χ3n) is 3.60. The van der Waals surface area contributed by atoms with Gasteiger partial charge in [-0.3, -0.25) is 9.59 Å². The van der Waals surface area contributed by atoms with Crippen LogP contribution in [0, 0.1) is 5.92 Å². The summed E-state index contributed by atoms with van der Waals surface area (Å²) in [6.07, 6.45) is 4.30. The Morgan fingerprint density at radius 1 is 1.32 bits per heavy atom. The molecule has 2 amide bonds. The maximum absolute atomic E-state index is 11.8. The summed E-state index contributed by atoms with van der Waals surface area (Å²) in [5.41, 5.74) is 4.93. The van der Waals surface area contributed by atoms with Crippen molar-refractivity contribution in [1.82, 2.24) is 5.43 Å². The lowest BCUT2D eigenvalue weighted by atomic mass is 10.1. The standard InChI is InChI=1S/C17H23N3O2/c1-3-4-8-16(21)20-19-12(2)14-6-5-7-15(11-14)18-17(22)13-9-10-13/h5-7,11,13H,3-4,8-10H2,1-2H3,(H,18,22)(H,20,21)/b19-12+. The summed E-state index contributed by atoms with van der Waals surface area (Å²) in [6.45, 7) is 3.88. The van der Waals surface area contributed by atoms with Crippen LogP contribution in [-0.2, 0) is 9.59 Å². The Morgan fingerprint density at radius 2 is 2.09 bits per heavy atom. The molecule has 0 aromatic heterocycles. The van der Waals surface area contributed by atoms with E-state index in [1.807, 2.05) is 38.1 Å². The van der Waals surface area contributed by atoms with E-state index >= 15 is 0 Å². The summed E-state index contributed by atoms with van der Waals surface area (Å²) in [5, 5.41) is 7.03. The SMILES string of the molecule is CCCCC(=O)N/N=C(\C)c1cccc(NC(=O)C2CC2)c1. The van der Waals surface area contributed by atoms with E-state index in [0.29, 0.717) is 12.1 Å². The summed E-state index contributed by atoms with van der Waals surface area (Å²) in [6, 6.07) is 7.51. The first-order valence-electron chi connectivity index (χ1n) is 7.84. The molecule has 1 aliphatic rings. The average molecular weight is 301 g/mol. The van der Waals surface area contributed by atoms with E-state index < -0.39 is 0 Å². The van der Waals surface area contributed by atoms with Gasteiger partial charge in [0.15, 0.2) is 0 Å². The second-order valence-electron chi connectivity index (χ2n) is 5.68. The first-order valence-corrected chi connectivity index (χ1v) is 7.84. The van der Waals surface area contributed by atoms with Gasteiger partial charge in [0, 0.05) is 18.0 Å². The third-order valence-corrected chi connectivity index (χ3v) is 3.60.